The zero-order chi connectivity index (χ0) is 18.4. The van der Waals surface area contributed by atoms with Crippen LogP contribution >= 0.6 is 11.6 Å². The van der Waals surface area contributed by atoms with Gasteiger partial charge >= 0.3 is 5.97 Å². The second-order valence-corrected chi connectivity index (χ2v) is 5.98. The van der Waals surface area contributed by atoms with Gasteiger partial charge < -0.3 is 10.1 Å². The molecule has 2 aromatic rings. The lowest BCUT2D eigenvalue weighted by atomic mass is 9.99. The van der Waals surface area contributed by atoms with Crippen molar-refractivity contribution in [3.8, 4) is 11.4 Å². The summed E-state index contributed by atoms with van der Waals surface area (Å²) < 4.78 is 4.74. The van der Waals surface area contributed by atoms with E-state index < -0.39 is 17.9 Å². The molecule has 2 atom stereocenters. The minimum Gasteiger partial charge on any atom is -0.467 e. The molecule has 0 saturated heterocycles. The van der Waals surface area contributed by atoms with Gasteiger partial charge in [-0.1, -0.05) is 44.0 Å². The van der Waals surface area contributed by atoms with E-state index in [1.807, 2.05) is 19.9 Å². The molecule has 1 N–H and O–H groups in total. The van der Waals surface area contributed by atoms with E-state index in [-0.39, 0.29) is 12.5 Å². The maximum Gasteiger partial charge on any atom is 0.328 e. The van der Waals surface area contributed by atoms with E-state index in [0.29, 0.717) is 16.4 Å². The molecule has 25 heavy (non-hydrogen) atoms. The molecule has 134 valence electrons. The lowest BCUT2D eigenvalue weighted by molar-refractivity contribution is -0.146. The monoisotopic (exact) mass is 365 g/mol. The number of benzene rings is 1. The predicted molar refractivity (Wildman–Crippen MR) is 91.7 cm³/mol. The number of ether oxygens (including phenoxy) is 1. The fraction of sp³-hybridized carbons (Fsp3) is 0.438. The van der Waals surface area contributed by atoms with Crippen LogP contribution in [0.2, 0.25) is 5.02 Å². The number of nitrogens with zero attached hydrogens (tertiary/aromatic N) is 4. The Kier molecular flexibility index (Phi) is 6.46. The number of carbonyl (C=O) groups is 2. The highest BCUT2D eigenvalue weighted by Crippen LogP contribution is 2.23. The van der Waals surface area contributed by atoms with E-state index in [1.165, 1.54) is 7.11 Å². The maximum atomic E-state index is 12.2. The molecule has 1 aromatic heterocycles. The number of tetrazole rings is 1. The van der Waals surface area contributed by atoms with Crippen molar-refractivity contribution in [1.29, 1.82) is 0 Å². The number of methoxy groups -OCH3 is 1. The van der Waals surface area contributed by atoms with Gasteiger partial charge in [0.1, 0.15) is 12.6 Å². The smallest absolute Gasteiger partial charge is 0.328 e. The third-order valence-electron chi connectivity index (χ3n) is 3.84. The number of hydrogen-bond donors (Lipinski definition) is 1. The zero-order valence-corrected chi connectivity index (χ0v) is 15.0. The molecule has 1 amide bonds. The maximum absolute atomic E-state index is 12.2. The van der Waals surface area contributed by atoms with Gasteiger partial charge in [-0.2, -0.15) is 4.80 Å². The van der Waals surface area contributed by atoms with Crippen LogP contribution in [0.25, 0.3) is 11.4 Å². The molecule has 2 rings (SSSR count). The molecule has 0 radical (unpaired) electrons. The summed E-state index contributed by atoms with van der Waals surface area (Å²) >= 11 is 6.10. The van der Waals surface area contributed by atoms with Crippen molar-refractivity contribution < 1.29 is 14.3 Å². The lowest BCUT2D eigenvalue weighted by Gasteiger charge is -2.21. The summed E-state index contributed by atoms with van der Waals surface area (Å²) in [5, 5.41) is 15.1. The van der Waals surface area contributed by atoms with Crippen molar-refractivity contribution in [2.24, 2.45) is 5.92 Å². The summed E-state index contributed by atoms with van der Waals surface area (Å²) in [6, 6.07) is 6.37. The molecule has 0 saturated carbocycles. The van der Waals surface area contributed by atoms with E-state index in [9.17, 15) is 9.59 Å². The van der Waals surface area contributed by atoms with Gasteiger partial charge in [-0.3, -0.25) is 4.79 Å². The van der Waals surface area contributed by atoms with Gasteiger partial charge in [-0.25, -0.2) is 4.79 Å². The molecule has 0 aliphatic rings. The Morgan fingerprint density at radius 2 is 2.08 bits per heavy atom. The van der Waals surface area contributed by atoms with E-state index in [2.05, 4.69) is 20.7 Å². The summed E-state index contributed by atoms with van der Waals surface area (Å²) in [4.78, 5) is 25.2. The zero-order valence-electron chi connectivity index (χ0n) is 14.3. The number of nitrogens with one attached hydrogen (secondary N) is 1. The first kappa shape index (κ1) is 18.9. The van der Waals surface area contributed by atoms with Crippen LogP contribution in [0.4, 0.5) is 0 Å². The number of hydrogen-bond acceptors (Lipinski definition) is 6. The quantitative estimate of drug-likeness (QED) is 0.750. The molecule has 0 aliphatic carbocycles. The number of rotatable bonds is 7. The van der Waals surface area contributed by atoms with Crippen molar-refractivity contribution >= 4 is 23.5 Å². The van der Waals surface area contributed by atoms with Gasteiger partial charge in [0, 0.05) is 5.56 Å². The highest BCUT2D eigenvalue weighted by atomic mass is 35.5. The number of halogens is 1. The average molecular weight is 366 g/mol. The standard InChI is InChI=1S/C16H20ClN5O3/c1-4-10(2)14(16(24)25-3)18-13(23)9-22-20-15(19-21-22)11-7-5-6-8-12(11)17/h5-8,10,14H,4,9H2,1-3H3,(H,18,23)/t10-,14+/m0/s1. The topological polar surface area (TPSA) is 99.0 Å². The molecule has 0 bridgehead atoms. The normalized spacial score (nSPS) is 13.1. The first-order valence-corrected chi connectivity index (χ1v) is 8.24. The van der Waals surface area contributed by atoms with Crippen LogP contribution in [0.5, 0.6) is 0 Å². The van der Waals surface area contributed by atoms with Gasteiger partial charge in [-0.15, -0.1) is 10.2 Å². The van der Waals surface area contributed by atoms with E-state index in [4.69, 9.17) is 16.3 Å². The fourth-order valence-corrected chi connectivity index (χ4v) is 2.42. The second-order valence-electron chi connectivity index (χ2n) is 5.58. The summed E-state index contributed by atoms with van der Waals surface area (Å²) in [5.41, 5.74) is 0.628. The van der Waals surface area contributed by atoms with Gasteiger partial charge in [0.15, 0.2) is 0 Å². The molecule has 0 fully saturated rings. The SMILES string of the molecule is CC[C@H](C)[C@@H](NC(=O)Cn1nnc(-c2ccccc2Cl)n1)C(=O)OC. The first-order valence-electron chi connectivity index (χ1n) is 7.86. The Morgan fingerprint density at radius 3 is 2.72 bits per heavy atom. The Morgan fingerprint density at radius 1 is 1.36 bits per heavy atom. The number of carbonyl (C=O) groups excluding carboxylic acids is 2. The van der Waals surface area contributed by atoms with Crippen LogP contribution in [0, 0.1) is 5.92 Å². The van der Waals surface area contributed by atoms with Crippen molar-refractivity contribution in [3.63, 3.8) is 0 Å². The number of aromatic nitrogens is 4. The van der Waals surface area contributed by atoms with Crippen molar-refractivity contribution in [3.05, 3.63) is 29.3 Å². The minimum absolute atomic E-state index is 0.0567. The van der Waals surface area contributed by atoms with Crippen molar-refractivity contribution in [2.45, 2.75) is 32.9 Å². The lowest BCUT2D eigenvalue weighted by Crippen LogP contribution is -2.46. The van der Waals surface area contributed by atoms with Crippen LogP contribution in [-0.2, 0) is 20.9 Å². The van der Waals surface area contributed by atoms with Gasteiger partial charge in [0.25, 0.3) is 0 Å². The highest BCUT2D eigenvalue weighted by molar-refractivity contribution is 6.33. The molecular formula is C16H20ClN5O3. The Hall–Kier alpha value is -2.48. The highest BCUT2D eigenvalue weighted by Gasteiger charge is 2.27. The summed E-state index contributed by atoms with van der Waals surface area (Å²) in [6.07, 6.45) is 0.721. The van der Waals surface area contributed by atoms with E-state index in [1.54, 1.807) is 18.2 Å². The van der Waals surface area contributed by atoms with E-state index >= 15 is 0 Å². The first-order chi connectivity index (χ1) is 12.0. The van der Waals surface area contributed by atoms with Crippen LogP contribution in [0.15, 0.2) is 24.3 Å². The second kappa shape index (κ2) is 8.57. The summed E-state index contributed by atoms with van der Waals surface area (Å²) in [5.74, 6) is -0.617. The van der Waals surface area contributed by atoms with Gasteiger partial charge in [0.05, 0.1) is 12.1 Å². The summed E-state index contributed by atoms with van der Waals surface area (Å²) in [7, 11) is 1.29. The largest absolute Gasteiger partial charge is 0.467 e. The number of esters is 1. The molecule has 1 heterocycles. The van der Waals surface area contributed by atoms with Crippen molar-refractivity contribution in [2.75, 3.05) is 7.11 Å². The Labute approximate surface area is 150 Å². The van der Waals surface area contributed by atoms with Crippen molar-refractivity contribution in [1.82, 2.24) is 25.5 Å². The molecule has 0 unspecified atom stereocenters. The third-order valence-corrected chi connectivity index (χ3v) is 4.17. The van der Waals surface area contributed by atoms with Gasteiger partial charge in [0.2, 0.25) is 11.7 Å². The van der Waals surface area contributed by atoms with Crippen LogP contribution in [0.1, 0.15) is 20.3 Å². The van der Waals surface area contributed by atoms with Crippen LogP contribution in [-0.4, -0.2) is 45.2 Å². The Bertz CT molecular complexity index is 749. The Balaban J connectivity index is 2.06. The molecule has 0 spiro atoms. The molecule has 0 aliphatic heterocycles. The molecule has 1 aromatic carbocycles. The van der Waals surface area contributed by atoms with Gasteiger partial charge in [-0.05, 0) is 23.3 Å². The molecule has 9 heteroatoms. The number of amides is 1. The minimum atomic E-state index is -0.714. The summed E-state index contributed by atoms with van der Waals surface area (Å²) in [6.45, 7) is 3.63. The predicted octanol–water partition coefficient (Wildman–Crippen LogP) is 1.70. The third kappa shape index (κ3) is 4.76. The van der Waals surface area contributed by atoms with Crippen LogP contribution < -0.4 is 5.32 Å². The molecule has 8 nitrogen and oxygen atoms in total. The average Bonchev–Trinajstić information content (AvgIpc) is 3.06. The van der Waals surface area contributed by atoms with Crippen LogP contribution in [0.3, 0.4) is 0 Å². The van der Waals surface area contributed by atoms with E-state index in [0.717, 1.165) is 11.2 Å². The molecular weight excluding hydrogens is 346 g/mol. The fourth-order valence-electron chi connectivity index (χ4n) is 2.20.